The Morgan fingerprint density at radius 2 is 2.03 bits per heavy atom. The zero-order chi connectivity index (χ0) is 21.4. The average Bonchev–Trinajstić information content (AvgIpc) is 3.48. The Balaban J connectivity index is 1.43. The molecule has 31 heavy (non-hydrogen) atoms. The predicted octanol–water partition coefficient (Wildman–Crippen LogP) is 4.54. The molecule has 0 spiro atoms. The van der Waals surface area contributed by atoms with Gasteiger partial charge in [0.2, 0.25) is 0 Å². The van der Waals surface area contributed by atoms with Gasteiger partial charge in [-0.25, -0.2) is 14.5 Å². The first kappa shape index (κ1) is 19.3. The summed E-state index contributed by atoms with van der Waals surface area (Å²) in [7, 11) is 0. The number of halogens is 1. The van der Waals surface area contributed by atoms with Gasteiger partial charge in [0, 0.05) is 16.3 Å². The van der Waals surface area contributed by atoms with Gasteiger partial charge in [-0.2, -0.15) is 0 Å². The number of benzene rings is 1. The van der Waals surface area contributed by atoms with Crippen molar-refractivity contribution in [1.29, 1.82) is 0 Å². The molecule has 0 saturated carbocycles. The lowest BCUT2D eigenvalue weighted by atomic mass is 10.2. The van der Waals surface area contributed by atoms with Crippen molar-refractivity contribution >= 4 is 34.5 Å². The molecule has 0 N–H and O–H groups in total. The second kappa shape index (κ2) is 7.88. The first-order valence-corrected chi connectivity index (χ1v) is 10.1. The predicted molar refractivity (Wildman–Crippen MR) is 117 cm³/mol. The Kier molecular flexibility index (Phi) is 4.91. The molecule has 0 aliphatic rings. The summed E-state index contributed by atoms with van der Waals surface area (Å²) in [6.07, 6.45) is 4.91. The van der Waals surface area contributed by atoms with Crippen molar-refractivity contribution in [2.75, 3.05) is 0 Å². The van der Waals surface area contributed by atoms with Gasteiger partial charge in [-0.15, -0.1) is 5.10 Å². The van der Waals surface area contributed by atoms with E-state index in [1.807, 2.05) is 30.3 Å². The lowest BCUT2D eigenvalue weighted by Gasteiger charge is -2.05. The van der Waals surface area contributed by atoms with Gasteiger partial charge in [-0.1, -0.05) is 35.0 Å². The average molecular weight is 435 g/mol. The summed E-state index contributed by atoms with van der Waals surface area (Å²) < 4.78 is 9.31. The van der Waals surface area contributed by atoms with Crippen LogP contribution in [-0.2, 0) is 18.0 Å². The summed E-state index contributed by atoms with van der Waals surface area (Å²) in [5, 5.41) is 10.0. The number of fused-ring (bicyclic) bond motifs is 3. The monoisotopic (exact) mass is 434 g/mol. The van der Waals surface area contributed by atoms with E-state index in [2.05, 4.69) is 38.6 Å². The smallest absolute Gasteiger partial charge is 0.192 e. The van der Waals surface area contributed by atoms with Gasteiger partial charge < -0.3 is 13.8 Å². The topological polar surface area (TPSA) is 82.7 Å². The van der Waals surface area contributed by atoms with Crippen molar-refractivity contribution in [2.45, 2.75) is 27.0 Å². The van der Waals surface area contributed by atoms with Crippen LogP contribution in [0.4, 0.5) is 0 Å². The number of nitrogens with zero attached hydrogens (tertiary/aromatic N) is 6. The second-order valence-corrected chi connectivity index (χ2v) is 7.55. The van der Waals surface area contributed by atoms with Crippen LogP contribution in [0.5, 0.6) is 0 Å². The van der Waals surface area contributed by atoms with Gasteiger partial charge in [-0.05, 0) is 37.6 Å². The molecule has 0 saturated heterocycles. The fourth-order valence-electron chi connectivity index (χ4n) is 3.56. The van der Waals surface area contributed by atoms with Crippen LogP contribution >= 0.6 is 11.6 Å². The van der Waals surface area contributed by atoms with E-state index in [1.165, 1.54) is 0 Å². The van der Waals surface area contributed by atoms with Gasteiger partial charge in [0.1, 0.15) is 17.7 Å². The molecule has 0 bridgehead atoms. The maximum absolute atomic E-state index is 6.11. The van der Waals surface area contributed by atoms with Crippen LogP contribution in [0, 0.1) is 13.8 Å². The Bertz CT molecular complexity index is 1400. The van der Waals surface area contributed by atoms with Crippen LogP contribution in [0.2, 0.25) is 5.02 Å². The van der Waals surface area contributed by atoms with Crippen molar-refractivity contribution in [3.63, 3.8) is 0 Å². The molecular formula is C22H19ClN6O2. The first-order chi connectivity index (χ1) is 15.1. The molecule has 0 aliphatic heterocycles. The molecule has 0 fully saturated rings. The Hall–Kier alpha value is -3.65. The molecular weight excluding hydrogens is 416 g/mol. The highest BCUT2D eigenvalue weighted by Crippen LogP contribution is 2.27. The standard InChI is InChI=1S/C22H19ClN6O2/c1-14-15(2)28(11-17-7-5-9-30-17)21-20(14)22-26-19(27-29(22)13-24-21)12-31-25-10-16-6-3-4-8-18(16)23/h3-10,13H,11-12H2,1-2H3/b25-10-. The van der Waals surface area contributed by atoms with Crippen LogP contribution in [0.3, 0.4) is 0 Å². The maximum atomic E-state index is 6.11. The third-order valence-corrected chi connectivity index (χ3v) is 5.59. The Morgan fingerprint density at radius 3 is 2.84 bits per heavy atom. The molecule has 1 aromatic carbocycles. The summed E-state index contributed by atoms with van der Waals surface area (Å²) in [5.41, 5.74) is 4.57. The summed E-state index contributed by atoms with van der Waals surface area (Å²) in [4.78, 5) is 14.7. The van der Waals surface area contributed by atoms with Crippen molar-refractivity contribution in [1.82, 2.24) is 24.1 Å². The van der Waals surface area contributed by atoms with Crippen LogP contribution in [0.15, 0.2) is 58.6 Å². The third-order valence-electron chi connectivity index (χ3n) is 5.25. The van der Waals surface area contributed by atoms with E-state index in [1.54, 1.807) is 29.4 Å². The molecule has 0 atom stereocenters. The normalized spacial score (nSPS) is 11.8. The third kappa shape index (κ3) is 3.55. The maximum Gasteiger partial charge on any atom is 0.192 e. The highest BCUT2D eigenvalue weighted by Gasteiger charge is 2.18. The number of hydrogen-bond donors (Lipinski definition) is 0. The zero-order valence-electron chi connectivity index (χ0n) is 17.0. The Morgan fingerprint density at radius 1 is 1.16 bits per heavy atom. The fraction of sp³-hybridized carbons (Fsp3) is 0.182. The van der Waals surface area contributed by atoms with Crippen LogP contribution in [0.25, 0.3) is 16.7 Å². The molecule has 8 nitrogen and oxygen atoms in total. The van der Waals surface area contributed by atoms with Crippen molar-refractivity contribution < 1.29 is 9.25 Å². The minimum atomic E-state index is 0.134. The minimum absolute atomic E-state index is 0.134. The highest BCUT2D eigenvalue weighted by molar-refractivity contribution is 6.33. The summed E-state index contributed by atoms with van der Waals surface area (Å²) >= 11 is 6.11. The lowest BCUT2D eigenvalue weighted by Crippen LogP contribution is -2.02. The number of aryl methyl sites for hydroxylation is 1. The summed E-state index contributed by atoms with van der Waals surface area (Å²) in [5.74, 6) is 1.38. The first-order valence-electron chi connectivity index (χ1n) is 9.73. The second-order valence-electron chi connectivity index (χ2n) is 7.14. The van der Waals surface area contributed by atoms with E-state index in [9.17, 15) is 0 Å². The van der Waals surface area contributed by atoms with Gasteiger partial charge in [0.25, 0.3) is 0 Å². The molecule has 4 aromatic heterocycles. The number of hydrogen-bond acceptors (Lipinski definition) is 6. The van der Waals surface area contributed by atoms with Gasteiger partial charge in [0.05, 0.1) is 24.4 Å². The molecule has 0 unspecified atom stereocenters. The molecule has 156 valence electrons. The van der Waals surface area contributed by atoms with Gasteiger partial charge in [-0.3, -0.25) is 0 Å². The molecule has 0 aliphatic carbocycles. The molecule has 5 rings (SSSR count). The van der Waals surface area contributed by atoms with E-state index < -0.39 is 0 Å². The van der Waals surface area contributed by atoms with E-state index in [-0.39, 0.29) is 6.61 Å². The van der Waals surface area contributed by atoms with Crippen molar-refractivity contribution in [3.05, 3.63) is 82.4 Å². The molecule has 5 aromatic rings. The van der Waals surface area contributed by atoms with E-state index >= 15 is 0 Å². The minimum Gasteiger partial charge on any atom is -0.467 e. The van der Waals surface area contributed by atoms with Crippen LogP contribution in [0.1, 0.15) is 28.4 Å². The SMILES string of the molecule is Cc1c(C)n(Cc2ccco2)c2ncn3nc(CO/N=C\c4ccccc4Cl)nc3c12. The van der Waals surface area contributed by atoms with Crippen LogP contribution < -0.4 is 0 Å². The van der Waals surface area contributed by atoms with Crippen LogP contribution in [-0.4, -0.2) is 30.4 Å². The van der Waals surface area contributed by atoms with E-state index in [0.29, 0.717) is 17.4 Å². The lowest BCUT2D eigenvalue weighted by molar-refractivity contribution is 0.126. The largest absolute Gasteiger partial charge is 0.467 e. The quantitative estimate of drug-likeness (QED) is 0.289. The molecule has 0 amide bonds. The van der Waals surface area contributed by atoms with Crippen molar-refractivity contribution in [2.24, 2.45) is 5.16 Å². The summed E-state index contributed by atoms with van der Waals surface area (Å²) in [6, 6.07) is 11.2. The van der Waals surface area contributed by atoms with Gasteiger partial charge >= 0.3 is 0 Å². The number of aromatic nitrogens is 5. The van der Waals surface area contributed by atoms with Crippen molar-refractivity contribution in [3.8, 4) is 0 Å². The van der Waals surface area contributed by atoms with E-state index in [4.69, 9.17) is 20.9 Å². The fourth-order valence-corrected chi connectivity index (χ4v) is 3.74. The summed E-state index contributed by atoms with van der Waals surface area (Å²) in [6.45, 7) is 4.87. The van der Waals surface area contributed by atoms with E-state index in [0.717, 1.165) is 39.3 Å². The molecule has 4 heterocycles. The number of oxime groups is 1. The highest BCUT2D eigenvalue weighted by atomic mass is 35.5. The molecule has 0 radical (unpaired) electrons. The van der Waals surface area contributed by atoms with Gasteiger partial charge in [0.15, 0.2) is 18.1 Å². The number of furan rings is 1. The zero-order valence-corrected chi connectivity index (χ0v) is 17.7. The molecule has 9 heteroatoms. The number of rotatable bonds is 6. The Labute approximate surface area is 182 Å².